The summed E-state index contributed by atoms with van der Waals surface area (Å²) in [5.74, 6) is -0.694. The molecule has 2 amide bonds. The molecule has 0 fully saturated rings. The van der Waals surface area contributed by atoms with Gasteiger partial charge in [-0.1, -0.05) is 60.7 Å². The molecule has 0 aliphatic carbocycles. The number of hydrogen-bond acceptors (Lipinski definition) is 4. The van der Waals surface area contributed by atoms with E-state index in [4.69, 9.17) is 15.2 Å². The molecule has 6 nitrogen and oxygen atoms in total. The van der Waals surface area contributed by atoms with Gasteiger partial charge in [-0.05, 0) is 31.4 Å². The van der Waals surface area contributed by atoms with E-state index in [-0.39, 0.29) is 11.7 Å². The van der Waals surface area contributed by atoms with E-state index in [1.54, 1.807) is 20.9 Å². The van der Waals surface area contributed by atoms with Crippen molar-refractivity contribution in [1.82, 2.24) is 4.90 Å². The number of carbonyl (C=O) groups is 2. The number of carbonyl (C=O) groups excluding carboxylic acids is 2. The van der Waals surface area contributed by atoms with E-state index in [1.807, 2.05) is 60.7 Å². The molecule has 0 spiro atoms. The highest BCUT2D eigenvalue weighted by Crippen LogP contribution is 2.30. The SMILES string of the molecule is CN(C(=O)C1=COC(Cc2ccccc2)O1)C(Cc1ccccc1)C(C)(C)C(N)=O. The summed E-state index contributed by atoms with van der Waals surface area (Å²) >= 11 is 0. The standard InChI is InChI=1S/C24H28N2O4/c1-24(2,23(25)28)20(14-17-10-6-4-7-11-17)26(3)22(27)19-16-29-21(30-19)15-18-12-8-5-9-13-18/h4-13,16,20-21H,14-15H2,1-3H3,(H2,25,28). The molecular weight excluding hydrogens is 380 g/mol. The van der Waals surface area contributed by atoms with Crippen molar-refractivity contribution in [2.45, 2.75) is 39.0 Å². The van der Waals surface area contributed by atoms with E-state index in [9.17, 15) is 9.59 Å². The van der Waals surface area contributed by atoms with E-state index < -0.39 is 23.7 Å². The molecule has 3 rings (SSSR count). The van der Waals surface area contributed by atoms with Crippen LogP contribution < -0.4 is 5.73 Å². The second-order valence-corrected chi connectivity index (χ2v) is 8.06. The summed E-state index contributed by atoms with van der Waals surface area (Å²) in [6, 6.07) is 19.0. The molecule has 1 aliphatic rings. The van der Waals surface area contributed by atoms with Gasteiger partial charge in [-0.3, -0.25) is 9.59 Å². The molecule has 0 aromatic heterocycles. The lowest BCUT2D eigenvalue weighted by Gasteiger charge is -2.38. The fourth-order valence-corrected chi connectivity index (χ4v) is 3.53. The minimum absolute atomic E-state index is 0.122. The highest BCUT2D eigenvalue weighted by Gasteiger charge is 2.41. The van der Waals surface area contributed by atoms with Crippen molar-refractivity contribution in [3.63, 3.8) is 0 Å². The van der Waals surface area contributed by atoms with Crippen LogP contribution in [0.3, 0.4) is 0 Å². The Labute approximate surface area is 177 Å². The molecule has 1 heterocycles. The number of nitrogens with zero attached hydrogens (tertiary/aromatic N) is 1. The molecule has 0 bridgehead atoms. The van der Waals surface area contributed by atoms with Crippen LogP contribution >= 0.6 is 0 Å². The van der Waals surface area contributed by atoms with Crippen molar-refractivity contribution >= 4 is 11.8 Å². The second-order valence-electron chi connectivity index (χ2n) is 8.06. The van der Waals surface area contributed by atoms with Gasteiger partial charge in [0.15, 0.2) is 0 Å². The minimum atomic E-state index is -0.941. The molecule has 2 aromatic rings. The minimum Gasteiger partial charge on any atom is -0.458 e. The Balaban J connectivity index is 1.73. The van der Waals surface area contributed by atoms with E-state index >= 15 is 0 Å². The van der Waals surface area contributed by atoms with Gasteiger partial charge in [0.25, 0.3) is 5.91 Å². The van der Waals surface area contributed by atoms with Crippen molar-refractivity contribution in [2.24, 2.45) is 11.1 Å². The van der Waals surface area contributed by atoms with Crippen LogP contribution in [0, 0.1) is 5.41 Å². The highest BCUT2D eigenvalue weighted by molar-refractivity contribution is 5.92. The van der Waals surface area contributed by atoms with Crippen LogP contribution in [0.4, 0.5) is 0 Å². The second kappa shape index (κ2) is 9.03. The summed E-state index contributed by atoms with van der Waals surface area (Å²) in [6.07, 6.45) is 1.80. The summed E-state index contributed by atoms with van der Waals surface area (Å²) in [6.45, 7) is 3.51. The Hall–Kier alpha value is -3.28. The molecule has 0 saturated heterocycles. The number of likely N-dealkylation sites (N-methyl/N-ethyl adjacent to an activating group) is 1. The fraction of sp³-hybridized carbons (Fsp3) is 0.333. The summed E-state index contributed by atoms with van der Waals surface area (Å²) in [5.41, 5.74) is 6.80. The van der Waals surface area contributed by atoms with Crippen LogP contribution in [0.2, 0.25) is 0 Å². The Morgan fingerprint density at radius 2 is 1.60 bits per heavy atom. The number of nitrogens with two attached hydrogens (primary N) is 1. The predicted octanol–water partition coefficient (Wildman–Crippen LogP) is 3.02. The van der Waals surface area contributed by atoms with E-state index in [0.29, 0.717) is 12.8 Å². The van der Waals surface area contributed by atoms with Crippen LogP contribution in [0.1, 0.15) is 25.0 Å². The lowest BCUT2D eigenvalue weighted by atomic mass is 9.79. The maximum atomic E-state index is 13.1. The van der Waals surface area contributed by atoms with Gasteiger partial charge in [0.05, 0.1) is 5.41 Å². The Morgan fingerprint density at radius 3 is 2.17 bits per heavy atom. The Kier molecular flexibility index (Phi) is 6.45. The quantitative estimate of drug-likeness (QED) is 0.728. The maximum absolute atomic E-state index is 13.1. The molecule has 1 aliphatic heterocycles. The summed E-state index contributed by atoms with van der Waals surface area (Å²) < 4.78 is 11.3. The third-order valence-corrected chi connectivity index (χ3v) is 5.57. The lowest BCUT2D eigenvalue weighted by Crippen LogP contribution is -2.53. The number of ether oxygens (including phenoxy) is 2. The van der Waals surface area contributed by atoms with Crippen LogP contribution in [-0.2, 0) is 31.9 Å². The monoisotopic (exact) mass is 408 g/mol. The largest absolute Gasteiger partial charge is 0.458 e. The van der Waals surface area contributed by atoms with Gasteiger partial charge in [-0.2, -0.15) is 0 Å². The highest BCUT2D eigenvalue weighted by atomic mass is 16.7. The number of benzene rings is 2. The maximum Gasteiger partial charge on any atom is 0.292 e. The first-order valence-electron chi connectivity index (χ1n) is 9.96. The fourth-order valence-electron chi connectivity index (χ4n) is 3.53. The van der Waals surface area contributed by atoms with Crippen molar-refractivity contribution in [2.75, 3.05) is 7.05 Å². The van der Waals surface area contributed by atoms with Crippen LogP contribution in [0.5, 0.6) is 0 Å². The summed E-state index contributed by atoms with van der Waals surface area (Å²) in [5, 5.41) is 0. The molecule has 2 N–H and O–H groups in total. The zero-order valence-corrected chi connectivity index (χ0v) is 17.6. The third kappa shape index (κ3) is 4.82. The van der Waals surface area contributed by atoms with Crippen molar-refractivity contribution in [1.29, 1.82) is 0 Å². The van der Waals surface area contributed by atoms with Gasteiger partial charge in [-0.25, -0.2) is 0 Å². The van der Waals surface area contributed by atoms with E-state index in [1.165, 1.54) is 11.2 Å². The van der Waals surface area contributed by atoms with Crippen molar-refractivity contribution in [3.8, 4) is 0 Å². The zero-order valence-electron chi connectivity index (χ0n) is 17.6. The first-order chi connectivity index (χ1) is 14.3. The van der Waals surface area contributed by atoms with Gasteiger partial charge in [0, 0.05) is 19.5 Å². The molecule has 0 saturated carbocycles. The predicted molar refractivity (Wildman–Crippen MR) is 114 cm³/mol. The van der Waals surface area contributed by atoms with Gasteiger partial charge in [0.1, 0.15) is 6.26 Å². The van der Waals surface area contributed by atoms with Gasteiger partial charge < -0.3 is 20.1 Å². The molecule has 2 atom stereocenters. The molecule has 30 heavy (non-hydrogen) atoms. The zero-order chi connectivity index (χ0) is 21.7. The van der Waals surface area contributed by atoms with Crippen molar-refractivity contribution in [3.05, 3.63) is 83.8 Å². The summed E-state index contributed by atoms with van der Waals surface area (Å²) in [7, 11) is 1.66. The topological polar surface area (TPSA) is 81.9 Å². The number of rotatable bonds is 8. The molecule has 6 heteroatoms. The Morgan fingerprint density at radius 1 is 1.03 bits per heavy atom. The normalized spacial score (nSPS) is 16.8. The molecule has 158 valence electrons. The average Bonchev–Trinajstić information content (AvgIpc) is 3.20. The van der Waals surface area contributed by atoms with Crippen molar-refractivity contribution < 1.29 is 19.1 Å². The molecular formula is C24H28N2O4. The molecule has 2 aromatic carbocycles. The number of primary amides is 1. The third-order valence-electron chi connectivity index (χ3n) is 5.57. The summed E-state index contributed by atoms with van der Waals surface area (Å²) in [4.78, 5) is 26.8. The van der Waals surface area contributed by atoms with Gasteiger partial charge in [-0.15, -0.1) is 0 Å². The van der Waals surface area contributed by atoms with E-state index in [2.05, 4.69) is 0 Å². The van der Waals surface area contributed by atoms with Crippen LogP contribution in [0.25, 0.3) is 0 Å². The smallest absolute Gasteiger partial charge is 0.292 e. The molecule has 0 radical (unpaired) electrons. The average molecular weight is 408 g/mol. The Bertz CT molecular complexity index is 909. The van der Waals surface area contributed by atoms with Gasteiger partial charge >= 0.3 is 0 Å². The first kappa shape index (κ1) is 21.4. The molecule has 2 unspecified atom stereocenters. The lowest BCUT2D eigenvalue weighted by molar-refractivity contribution is -0.140. The number of amides is 2. The first-order valence-corrected chi connectivity index (χ1v) is 9.96. The number of hydrogen-bond donors (Lipinski definition) is 1. The van der Waals surface area contributed by atoms with Crippen LogP contribution in [-0.4, -0.2) is 36.1 Å². The van der Waals surface area contributed by atoms with E-state index in [0.717, 1.165) is 11.1 Å². The van der Waals surface area contributed by atoms with Crippen LogP contribution in [0.15, 0.2) is 72.7 Å². The van der Waals surface area contributed by atoms with Gasteiger partial charge in [0.2, 0.25) is 18.0 Å².